The fourth-order valence-corrected chi connectivity index (χ4v) is 4.96. The van der Waals surface area contributed by atoms with Gasteiger partial charge < -0.3 is 25.1 Å². The molecule has 4 aromatic rings. The fourth-order valence-electron chi connectivity index (χ4n) is 4.96. The second-order valence-electron chi connectivity index (χ2n) is 10.5. The van der Waals surface area contributed by atoms with E-state index in [0.717, 1.165) is 48.6 Å². The third-order valence-electron chi connectivity index (χ3n) is 7.40. The number of hydrogen-bond donors (Lipinski definition) is 2. The van der Waals surface area contributed by atoms with Crippen molar-refractivity contribution in [1.29, 1.82) is 5.41 Å². The number of anilines is 1. The van der Waals surface area contributed by atoms with Gasteiger partial charge in [0.2, 0.25) is 0 Å². The van der Waals surface area contributed by atoms with Crippen molar-refractivity contribution in [2.24, 2.45) is 10.9 Å². The Morgan fingerprint density at radius 3 is 2.66 bits per heavy atom. The molecule has 1 aromatic heterocycles. The van der Waals surface area contributed by atoms with E-state index in [1.165, 1.54) is 18.3 Å². The molecule has 1 aliphatic heterocycles. The Balaban J connectivity index is 1.14. The number of hydrogen-bond acceptors (Lipinski definition) is 8. The molecule has 0 spiro atoms. The van der Waals surface area contributed by atoms with Crippen molar-refractivity contribution in [1.82, 2.24) is 15.3 Å². The minimum Gasteiger partial charge on any atom is -0.497 e. The van der Waals surface area contributed by atoms with Crippen molar-refractivity contribution < 1.29 is 18.7 Å². The fraction of sp³-hybridized carbons (Fsp3) is 0.265. The highest BCUT2D eigenvalue weighted by Crippen LogP contribution is 2.27. The SMILES string of the molecule is COc1cc(OCc2ccc(F)cc2)cc(C(=O)NCC2CCN(c3ccnc(-c4cccc(N=CCC=N)c4)n3)CC2)c1. The van der Waals surface area contributed by atoms with Crippen LogP contribution in [0.5, 0.6) is 11.5 Å². The minimum atomic E-state index is -0.303. The van der Waals surface area contributed by atoms with Crippen LogP contribution in [-0.4, -0.2) is 55.0 Å². The largest absolute Gasteiger partial charge is 0.497 e. The summed E-state index contributed by atoms with van der Waals surface area (Å²) in [6.07, 6.45) is 7.12. The van der Waals surface area contributed by atoms with Gasteiger partial charge in [-0.15, -0.1) is 0 Å². The monoisotopic (exact) mass is 594 g/mol. The third-order valence-corrected chi connectivity index (χ3v) is 7.40. The average Bonchev–Trinajstić information content (AvgIpc) is 3.07. The Kier molecular flexibility index (Phi) is 10.2. The van der Waals surface area contributed by atoms with Gasteiger partial charge in [0.05, 0.1) is 12.8 Å². The van der Waals surface area contributed by atoms with Crippen LogP contribution in [0.1, 0.15) is 35.2 Å². The first-order chi connectivity index (χ1) is 21.5. The summed E-state index contributed by atoms with van der Waals surface area (Å²) >= 11 is 0. The van der Waals surface area contributed by atoms with E-state index in [1.54, 1.807) is 49.9 Å². The van der Waals surface area contributed by atoms with Crippen LogP contribution in [0.15, 0.2) is 84.0 Å². The van der Waals surface area contributed by atoms with Crippen molar-refractivity contribution in [3.8, 4) is 22.9 Å². The maximum absolute atomic E-state index is 13.2. The van der Waals surface area contributed by atoms with Crippen LogP contribution in [0.25, 0.3) is 11.4 Å². The van der Waals surface area contributed by atoms with Crippen LogP contribution in [0.3, 0.4) is 0 Å². The van der Waals surface area contributed by atoms with Gasteiger partial charge in [-0.2, -0.15) is 0 Å². The molecular weight excluding hydrogens is 559 g/mol. The van der Waals surface area contributed by atoms with E-state index in [-0.39, 0.29) is 18.3 Å². The van der Waals surface area contributed by atoms with Crippen LogP contribution >= 0.6 is 0 Å². The molecule has 226 valence electrons. The van der Waals surface area contributed by atoms with E-state index in [4.69, 9.17) is 19.9 Å². The Morgan fingerprint density at radius 1 is 1.09 bits per heavy atom. The summed E-state index contributed by atoms with van der Waals surface area (Å²) < 4.78 is 24.4. The number of carbonyl (C=O) groups is 1. The number of ether oxygens (including phenoxy) is 2. The number of aliphatic imine (C=N–C) groups is 1. The number of nitrogens with zero attached hydrogens (tertiary/aromatic N) is 4. The van der Waals surface area contributed by atoms with E-state index in [9.17, 15) is 9.18 Å². The van der Waals surface area contributed by atoms with E-state index >= 15 is 0 Å². The van der Waals surface area contributed by atoms with E-state index < -0.39 is 0 Å². The lowest BCUT2D eigenvalue weighted by atomic mass is 9.96. The molecule has 2 N–H and O–H groups in total. The number of aromatic nitrogens is 2. The van der Waals surface area contributed by atoms with Gasteiger partial charge in [0.25, 0.3) is 5.91 Å². The van der Waals surface area contributed by atoms with Gasteiger partial charge in [-0.25, -0.2) is 14.4 Å². The number of rotatable bonds is 12. The van der Waals surface area contributed by atoms with Crippen LogP contribution < -0.4 is 19.7 Å². The molecule has 1 aliphatic rings. The molecule has 44 heavy (non-hydrogen) atoms. The number of amides is 1. The number of carbonyl (C=O) groups excluding carboxylic acids is 1. The van der Waals surface area contributed by atoms with E-state index in [2.05, 4.69) is 20.2 Å². The highest BCUT2D eigenvalue weighted by atomic mass is 19.1. The van der Waals surface area contributed by atoms with E-state index in [0.29, 0.717) is 41.8 Å². The Labute approximate surface area is 256 Å². The Hall–Kier alpha value is -5.12. The average molecular weight is 595 g/mol. The van der Waals surface area contributed by atoms with Crippen LogP contribution in [0, 0.1) is 17.1 Å². The quantitative estimate of drug-likeness (QED) is 0.187. The molecule has 5 rings (SSSR count). The summed E-state index contributed by atoms with van der Waals surface area (Å²) in [5.41, 5.74) is 2.95. The Bertz CT molecular complexity index is 1600. The zero-order valence-electron chi connectivity index (χ0n) is 24.6. The summed E-state index contributed by atoms with van der Waals surface area (Å²) in [5.74, 6) is 2.38. The predicted molar refractivity (Wildman–Crippen MR) is 170 cm³/mol. The molecule has 0 saturated carbocycles. The smallest absolute Gasteiger partial charge is 0.251 e. The van der Waals surface area contributed by atoms with Gasteiger partial charge >= 0.3 is 0 Å². The van der Waals surface area contributed by atoms with E-state index in [1.807, 2.05) is 30.3 Å². The molecule has 2 heterocycles. The van der Waals surface area contributed by atoms with Crippen molar-refractivity contribution in [3.63, 3.8) is 0 Å². The summed E-state index contributed by atoms with van der Waals surface area (Å²) in [7, 11) is 1.54. The lowest BCUT2D eigenvalue weighted by Gasteiger charge is -2.33. The number of nitrogens with one attached hydrogen (secondary N) is 2. The maximum Gasteiger partial charge on any atom is 0.251 e. The van der Waals surface area contributed by atoms with Crippen molar-refractivity contribution >= 4 is 29.8 Å². The molecule has 0 bridgehead atoms. The second-order valence-corrected chi connectivity index (χ2v) is 10.5. The molecule has 1 fully saturated rings. The van der Waals surface area contributed by atoms with Gasteiger partial charge in [0.15, 0.2) is 5.82 Å². The predicted octanol–water partition coefficient (Wildman–Crippen LogP) is 6.26. The summed E-state index contributed by atoms with van der Waals surface area (Å²) in [6.45, 7) is 2.46. The van der Waals surface area contributed by atoms with Gasteiger partial charge in [-0.1, -0.05) is 24.3 Å². The topological polar surface area (TPSA) is 113 Å². The molecule has 3 aromatic carbocycles. The molecule has 0 atom stereocenters. The van der Waals surface area contributed by atoms with Gasteiger partial charge in [0, 0.05) is 61.9 Å². The first-order valence-corrected chi connectivity index (χ1v) is 14.5. The van der Waals surface area contributed by atoms with Crippen LogP contribution in [0.2, 0.25) is 0 Å². The molecule has 10 heteroatoms. The third kappa shape index (κ3) is 8.25. The highest BCUT2D eigenvalue weighted by molar-refractivity contribution is 5.95. The second kappa shape index (κ2) is 14.9. The van der Waals surface area contributed by atoms with Crippen molar-refractivity contribution in [3.05, 3.63) is 95.9 Å². The molecule has 0 unspecified atom stereocenters. The van der Waals surface area contributed by atoms with Gasteiger partial charge in [0.1, 0.15) is 29.7 Å². The molecule has 1 saturated heterocycles. The highest BCUT2D eigenvalue weighted by Gasteiger charge is 2.22. The summed E-state index contributed by atoms with van der Waals surface area (Å²) in [6, 6.07) is 20.9. The van der Waals surface area contributed by atoms with Gasteiger partial charge in [-0.3, -0.25) is 9.79 Å². The standard InChI is InChI=1S/C34H35FN6O3/c1-43-30-19-27(20-31(21-30)44-23-25-6-8-28(35)9-7-25)34(42)39-22-24-11-16-41(17-12-24)32-10-15-38-33(40-32)26-4-2-5-29(18-26)37-14-3-13-36/h2,4-10,13-15,18-21,24,36H,3,11-12,16-17,22-23H2,1H3,(H,39,42). The van der Waals surface area contributed by atoms with Crippen molar-refractivity contribution in [2.45, 2.75) is 25.9 Å². The lowest BCUT2D eigenvalue weighted by Crippen LogP contribution is -2.39. The normalized spacial score (nSPS) is 13.5. The Morgan fingerprint density at radius 2 is 1.89 bits per heavy atom. The number of halogens is 1. The van der Waals surface area contributed by atoms with Gasteiger partial charge in [-0.05, 0) is 66.8 Å². The molecular formula is C34H35FN6O3. The van der Waals surface area contributed by atoms with Crippen LogP contribution in [-0.2, 0) is 6.61 Å². The first kappa shape index (κ1) is 30.3. The minimum absolute atomic E-state index is 0.192. The zero-order chi connectivity index (χ0) is 30.7. The van der Waals surface area contributed by atoms with Crippen molar-refractivity contribution in [2.75, 3.05) is 31.6 Å². The summed E-state index contributed by atoms with van der Waals surface area (Å²) in [5, 5.41) is 10.2. The number of benzene rings is 3. The number of methoxy groups -OCH3 is 1. The summed E-state index contributed by atoms with van der Waals surface area (Å²) in [4.78, 5) is 29.0. The molecule has 1 amide bonds. The maximum atomic E-state index is 13.2. The first-order valence-electron chi connectivity index (χ1n) is 14.5. The molecule has 0 radical (unpaired) electrons. The number of piperidine rings is 1. The lowest BCUT2D eigenvalue weighted by molar-refractivity contribution is 0.0944. The molecule has 0 aliphatic carbocycles. The zero-order valence-corrected chi connectivity index (χ0v) is 24.6. The van der Waals surface area contributed by atoms with Crippen LogP contribution in [0.4, 0.5) is 15.9 Å². The molecule has 9 nitrogen and oxygen atoms in total.